The normalized spacial score (nSPS) is 41.3. The first-order chi connectivity index (χ1) is 12.4. The van der Waals surface area contributed by atoms with Crippen LogP contribution in [0.1, 0.15) is 44.1 Å². The van der Waals surface area contributed by atoms with Crippen LogP contribution in [0.25, 0.3) is 0 Å². The smallest absolute Gasteiger partial charge is 0.223 e. The zero-order chi connectivity index (χ0) is 18.1. The Hall–Kier alpha value is -1.46. The number of β-amino-alcohol motifs (C(OH)–C–C–N with tert-alkyl or cyclic N) is 1. The summed E-state index contributed by atoms with van der Waals surface area (Å²) in [7, 11) is 0. The van der Waals surface area contributed by atoms with Crippen LogP contribution in [0.3, 0.4) is 0 Å². The average molecular weight is 359 g/mol. The van der Waals surface area contributed by atoms with Crippen molar-refractivity contribution in [3.05, 3.63) is 35.6 Å². The van der Waals surface area contributed by atoms with Crippen molar-refractivity contribution in [1.29, 1.82) is 0 Å². The lowest BCUT2D eigenvalue weighted by molar-refractivity contribution is -0.197. The maximum absolute atomic E-state index is 13.6. The first kappa shape index (κ1) is 16.7. The zero-order valence-electron chi connectivity index (χ0n) is 14.9. The number of halogens is 1. The van der Waals surface area contributed by atoms with Gasteiger partial charge in [-0.3, -0.25) is 4.79 Å². The molecule has 140 valence electrons. The molecular formula is C21H26FNO3. The summed E-state index contributed by atoms with van der Waals surface area (Å²) >= 11 is 0. The molecule has 0 spiro atoms. The van der Waals surface area contributed by atoms with E-state index in [1.807, 2.05) is 0 Å². The van der Waals surface area contributed by atoms with Gasteiger partial charge in [0.1, 0.15) is 5.82 Å². The summed E-state index contributed by atoms with van der Waals surface area (Å²) in [6.07, 6.45) is 4.61. The highest BCUT2D eigenvalue weighted by Crippen LogP contribution is 2.66. The molecule has 2 N–H and O–H groups in total. The van der Waals surface area contributed by atoms with Crippen molar-refractivity contribution < 1.29 is 19.4 Å². The average Bonchev–Trinajstić information content (AvgIpc) is 2.55. The van der Waals surface area contributed by atoms with Crippen molar-refractivity contribution in [2.24, 2.45) is 17.8 Å². The SMILES string of the molecule is O=C(C[C@@]1(c2ccc(F)cc2)C2CC3CC(C2)CC1(O)C3)N1CC(O)C1. The summed E-state index contributed by atoms with van der Waals surface area (Å²) in [6.45, 7) is 0.763. The number of carbonyl (C=O) groups excluding carboxylic acids is 1. The second kappa shape index (κ2) is 5.52. The molecule has 1 aliphatic heterocycles. The van der Waals surface area contributed by atoms with E-state index in [4.69, 9.17) is 0 Å². The molecule has 4 saturated carbocycles. The molecule has 3 atom stereocenters. The quantitative estimate of drug-likeness (QED) is 0.870. The second-order valence-corrected chi connectivity index (χ2v) is 9.18. The Kier molecular flexibility index (Phi) is 3.55. The molecule has 6 rings (SSSR count). The van der Waals surface area contributed by atoms with Crippen LogP contribution in [0.2, 0.25) is 0 Å². The minimum absolute atomic E-state index is 0.000485. The number of hydrogen-bond donors (Lipinski definition) is 2. The van der Waals surface area contributed by atoms with Gasteiger partial charge in [-0.05, 0) is 67.6 Å². The topological polar surface area (TPSA) is 60.8 Å². The lowest BCUT2D eigenvalue weighted by Gasteiger charge is -2.66. The predicted octanol–water partition coefficient (Wildman–Crippen LogP) is 2.23. The van der Waals surface area contributed by atoms with Gasteiger partial charge in [0.2, 0.25) is 5.91 Å². The summed E-state index contributed by atoms with van der Waals surface area (Å²) in [5, 5.41) is 21.3. The molecule has 0 aromatic heterocycles. The molecular weight excluding hydrogens is 333 g/mol. The van der Waals surface area contributed by atoms with Crippen LogP contribution in [0.4, 0.5) is 4.39 Å². The van der Waals surface area contributed by atoms with E-state index in [9.17, 15) is 19.4 Å². The molecule has 0 radical (unpaired) electrons. The number of aliphatic hydroxyl groups excluding tert-OH is 1. The Morgan fingerprint density at radius 2 is 1.73 bits per heavy atom. The molecule has 5 aliphatic rings. The van der Waals surface area contributed by atoms with Crippen molar-refractivity contribution in [3.8, 4) is 0 Å². The van der Waals surface area contributed by atoms with E-state index in [0.29, 0.717) is 24.9 Å². The van der Waals surface area contributed by atoms with E-state index in [-0.39, 0.29) is 24.1 Å². The predicted molar refractivity (Wildman–Crippen MR) is 93.8 cm³/mol. The Morgan fingerprint density at radius 3 is 2.27 bits per heavy atom. The Labute approximate surface area is 153 Å². The fourth-order valence-corrected chi connectivity index (χ4v) is 6.76. The lowest BCUT2D eigenvalue weighted by Crippen LogP contribution is -2.68. The molecule has 4 nitrogen and oxygen atoms in total. The lowest BCUT2D eigenvalue weighted by atomic mass is 9.41. The van der Waals surface area contributed by atoms with Gasteiger partial charge in [0.15, 0.2) is 0 Å². The maximum atomic E-state index is 13.6. The number of likely N-dealkylation sites (tertiary alicyclic amines) is 1. The number of hydrogen-bond acceptors (Lipinski definition) is 3. The minimum atomic E-state index is -0.890. The molecule has 2 unspecified atom stereocenters. The molecule has 4 aliphatic carbocycles. The van der Waals surface area contributed by atoms with Crippen molar-refractivity contribution in [2.75, 3.05) is 13.1 Å². The van der Waals surface area contributed by atoms with Crippen molar-refractivity contribution >= 4 is 5.91 Å². The third-order valence-electron chi connectivity index (χ3n) is 7.69. The van der Waals surface area contributed by atoms with Gasteiger partial charge >= 0.3 is 0 Å². The van der Waals surface area contributed by atoms with E-state index in [1.54, 1.807) is 17.0 Å². The summed E-state index contributed by atoms with van der Waals surface area (Å²) in [5.41, 5.74) is -0.621. The number of benzene rings is 1. The van der Waals surface area contributed by atoms with Gasteiger partial charge in [-0.1, -0.05) is 12.1 Å². The minimum Gasteiger partial charge on any atom is -0.389 e. The maximum Gasteiger partial charge on any atom is 0.223 e. The summed E-state index contributed by atoms with van der Waals surface area (Å²) < 4.78 is 13.6. The van der Waals surface area contributed by atoms with E-state index in [0.717, 1.165) is 31.2 Å². The Morgan fingerprint density at radius 1 is 1.12 bits per heavy atom. The standard InChI is InChI=1S/C21H26FNO3/c22-17-3-1-15(2-4-17)21(10-19(25)23-11-18(24)12-23)16-6-13-5-14(7-16)9-20(21,26)8-13/h1-4,13-14,16,18,24,26H,5-12H2/t13?,14?,16?,20?,21-/m1/s1. The van der Waals surface area contributed by atoms with Crippen LogP contribution in [0.5, 0.6) is 0 Å². The summed E-state index contributed by atoms with van der Waals surface area (Å²) in [6, 6.07) is 6.44. The number of amides is 1. The molecule has 1 amide bonds. The van der Waals surface area contributed by atoms with Gasteiger partial charge in [0, 0.05) is 24.9 Å². The molecule has 26 heavy (non-hydrogen) atoms. The molecule has 5 fully saturated rings. The van der Waals surface area contributed by atoms with Gasteiger partial charge in [-0.15, -0.1) is 0 Å². The van der Waals surface area contributed by atoms with Crippen molar-refractivity contribution in [1.82, 2.24) is 4.90 Å². The third-order valence-corrected chi connectivity index (χ3v) is 7.69. The Balaban J connectivity index is 1.57. The Bertz CT molecular complexity index is 715. The van der Waals surface area contributed by atoms with Crippen LogP contribution >= 0.6 is 0 Å². The van der Waals surface area contributed by atoms with Gasteiger partial charge in [-0.25, -0.2) is 4.39 Å². The molecule has 5 heteroatoms. The fraction of sp³-hybridized carbons (Fsp3) is 0.667. The van der Waals surface area contributed by atoms with Gasteiger partial charge in [0.25, 0.3) is 0 Å². The number of aliphatic hydroxyl groups is 2. The molecule has 1 heterocycles. The van der Waals surface area contributed by atoms with Gasteiger partial charge < -0.3 is 15.1 Å². The first-order valence-corrected chi connectivity index (χ1v) is 9.84. The first-order valence-electron chi connectivity index (χ1n) is 9.84. The molecule has 1 aromatic carbocycles. The van der Waals surface area contributed by atoms with Crippen molar-refractivity contribution in [2.45, 2.75) is 55.6 Å². The summed E-state index contributed by atoms with van der Waals surface area (Å²) in [4.78, 5) is 14.7. The van der Waals surface area contributed by atoms with Crippen LogP contribution in [0.15, 0.2) is 24.3 Å². The zero-order valence-corrected chi connectivity index (χ0v) is 14.9. The van der Waals surface area contributed by atoms with E-state index in [1.165, 1.54) is 18.6 Å². The van der Waals surface area contributed by atoms with Crippen molar-refractivity contribution in [3.63, 3.8) is 0 Å². The van der Waals surface area contributed by atoms with Crippen LogP contribution < -0.4 is 0 Å². The monoisotopic (exact) mass is 359 g/mol. The largest absolute Gasteiger partial charge is 0.389 e. The third kappa shape index (κ3) is 2.23. The highest BCUT2D eigenvalue weighted by Gasteiger charge is 2.66. The van der Waals surface area contributed by atoms with E-state index in [2.05, 4.69) is 0 Å². The molecule has 1 saturated heterocycles. The number of carbonyl (C=O) groups is 1. The van der Waals surface area contributed by atoms with E-state index < -0.39 is 17.1 Å². The number of nitrogens with zero attached hydrogens (tertiary/aromatic N) is 1. The van der Waals surface area contributed by atoms with Crippen LogP contribution in [0, 0.1) is 23.6 Å². The van der Waals surface area contributed by atoms with E-state index >= 15 is 0 Å². The van der Waals surface area contributed by atoms with Crippen LogP contribution in [-0.2, 0) is 10.2 Å². The second-order valence-electron chi connectivity index (χ2n) is 9.18. The summed E-state index contributed by atoms with van der Waals surface area (Å²) in [5.74, 6) is 1.07. The molecule has 1 aromatic rings. The highest BCUT2D eigenvalue weighted by atomic mass is 19.1. The molecule has 4 bridgehead atoms. The highest BCUT2D eigenvalue weighted by molar-refractivity contribution is 5.79. The fourth-order valence-electron chi connectivity index (χ4n) is 6.76. The van der Waals surface area contributed by atoms with Gasteiger partial charge in [0.05, 0.1) is 11.7 Å². The number of rotatable bonds is 3. The van der Waals surface area contributed by atoms with Gasteiger partial charge in [-0.2, -0.15) is 0 Å². The van der Waals surface area contributed by atoms with Crippen LogP contribution in [-0.4, -0.2) is 45.8 Å².